The van der Waals surface area contributed by atoms with Crippen LogP contribution in [0.15, 0.2) is 40.8 Å². The molecule has 5 rings (SSSR count). The molecular formula is C18H15N3O5. The van der Waals surface area contributed by atoms with Crippen LogP contribution in [0.4, 0.5) is 6.01 Å². The molecular weight excluding hydrogens is 338 g/mol. The van der Waals surface area contributed by atoms with Crippen LogP contribution in [0.25, 0.3) is 11.5 Å². The summed E-state index contributed by atoms with van der Waals surface area (Å²) in [7, 11) is 0. The SMILES string of the molecule is c1cc2c(cc1CNc1nnc(-c3ccc4c(c3)OCO4)o1)OCCO2. The summed E-state index contributed by atoms with van der Waals surface area (Å²) in [6.45, 7) is 1.89. The summed E-state index contributed by atoms with van der Waals surface area (Å²) in [4.78, 5) is 0. The van der Waals surface area contributed by atoms with Crippen LogP contribution in [-0.4, -0.2) is 30.2 Å². The summed E-state index contributed by atoms with van der Waals surface area (Å²) in [6.07, 6.45) is 0. The fourth-order valence-electron chi connectivity index (χ4n) is 2.82. The molecule has 2 aromatic carbocycles. The Labute approximate surface area is 148 Å². The highest BCUT2D eigenvalue weighted by atomic mass is 16.7. The molecule has 3 aromatic rings. The van der Waals surface area contributed by atoms with Gasteiger partial charge in [0.15, 0.2) is 23.0 Å². The zero-order valence-electron chi connectivity index (χ0n) is 13.7. The molecule has 132 valence electrons. The van der Waals surface area contributed by atoms with Crippen molar-refractivity contribution in [3.05, 3.63) is 42.0 Å². The Bertz CT molecular complexity index is 956. The fraction of sp³-hybridized carbons (Fsp3) is 0.222. The summed E-state index contributed by atoms with van der Waals surface area (Å²) in [5, 5.41) is 11.2. The molecule has 8 heteroatoms. The van der Waals surface area contributed by atoms with Crippen LogP contribution < -0.4 is 24.3 Å². The van der Waals surface area contributed by atoms with Crippen molar-refractivity contribution >= 4 is 6.01 Å². The van der Waals surface area contributed by atoms with E-state index in [4.69, 9.17) is 23.4 Å². The zero-order chi connectivity index (χ0) is 17.3. The second kappa shape index (κ2) is 6.14. The normalized spacial score (nSPS) is 14.3. The minimum absolute atomic E-state index is 0.227. The standard InChI is InChI=1S/C18H15N3O5/c1-3-13-15(23-6-5-22-13)7-11(1)9-19-18-21-20-17(26-18)12-2-4-14-16(8-12)25-10-24-14/h1-4,7-8H,5-6,9-10H2,(H,19,21). The predicted octanol–water partition coefficient (Wildman–Crippen LogP) is 2.85. The first kappa shape index (κ1) is 14.9. The Morgan fingerprint density at radius 1 is 0.808 bits per heavy atom. The Morgan fingerprint density at radius 3 is 2.54 bits per heavy atom. The maximum atomic E-state index is 5.68. The van der Waals surface area contributed by atoms with Crippen molar-refractivity contribution in [1.29, 1.82) is 0 Å². The first-order valence-corrected chi connectivity index (χ1v) is 8.21. The van der Waals surface area contributed by atoms with E-state index in [0.29, 0.717) is 43.2 Å². The van der Waals surface area contributed by atoms with Gasteiger partial charge in [0.1, 0.15) is 13.2 Å². The number of anilines is 1. The van der Waals surface area contributed by atoms with E-state index in [1.54, 1.807) is 0 Å². The van der Waals surface area contributed by atoms with Crippen LogP contribution in [0.3, 0.4) is 0 Å². The molecule has 0 atom stereocenters. The average molecular weight is 353 g/mol. The molecule has 2 aliphatic rings. The molecule has 8 nitrogen and oxygen atoms in total. The summed E-state index contributed by atoms with van der Waals surface area (Å²) >= 11 is 0. The lowest BCUT2D eigenvalue weighted by atomic mass is 10.2. The highest BCUT2D eigenvalue weighted by Gasteiger charge is 2.17. The third kappa shape index (κ3) is 2.75. The molecule has 0 saturated carbocycles. The molecule has 0 aliphatic carbocycles. The average Bonchev–Trinajstić information content (AvgIpc) is 3.35. The molecule has 3 heterocycles. The van der Waals surface area contributed by atoms with Gasteiger partial charge in [0.2, 0.25) is 12.7 Å². The van der Waals surface area contributed by atoms with Gasteiger partial charge in [-0.15, -0.1) is 5.10 Å². The molecule has 0 radical (unpaired) electrons. The monoisotopic (exact) mass is 353 g/mol. The lowest BCUT2D eigenvalue weighted by molar-refractivity contribution is 0.171. The van der Waals surface area contributed by atoms with Crippen LogP contribution in [0.5, 0.6) is 23.0 Å². The van der Waals surface area contributed by atoms with E-state index in [-0.39, 0.29) is 6.79 Å². The smallest absolute Gasteiger partial charge is 0.316 e. The molecule has 2 aliphatic heterocycles. The fourth-order valence-corrected chi connectivity index (χ4v) is 2.82. The first-order chi connectivity index (χ1) is 12.8. The van der Waals surface area contributed by atoms with E-state index in [2.05, 4.69) is 15.5 Å². The minimum Gasteiger partial charge on any atom is -0.486 e. The van der Waals surface area contributed by atoms with Crippen molar-refractivity contribution in [2.45, 2.75) is 6.54 Å². The number of fused-ring (bicyclic) bond motifs is 2. The largest absolute Gasteiger partial charge is 0.486 e. The lowest BCUT2D eigenvalue weighted by Gasteiger charge is -2.18. The van der Waals surface area contributed by atoms with Crippen molar-refractivity contribution in [1.82, 2.24) is 10.2 Å². The topological polar surface area (TPSA) is 87.9 Å². The second-order valence-electron chi connectivity index (χ2n) is 5.81. The van der Waals surface area contributed by atoms with Crippen LogP contribution in [0, 0.1) is 0 Å². The van der Waals surface area contributed by atoms with E-state index in [1.807, 2.05) is 36.4 Å². The number of hydrogen-bond donors (Lipinski definition) is 1. The van der Waals surface area contributed by atoms with Crippen molar-refractivity contribution in [3.63, 3.8) is 0 Å². The van der Waals surface area contributed by atoms with Gasteiger partial charge in [0, 0.05) is 12.1 Å². The highest BCUT2D eigenvalue weighted by molar-refractivity contribution is 5.60. The predicted molar refractivity (Wildman–Crippen MR) is 90.6 cm³/mol. The van der Waals surface area contributed by atoms with Crippen LogP contribution in [0.2, 0.25) is 0 Å². The van der Waals surface area contributed by atoms with Gasteiger partial charge >= 0.3 is 6.01 Å². The summed E-state index contributed by atoms with van der Waals surface area (Å²) < 4.78 is 27.5. The van der Waals surface area contributed by atoms with Gasteiger partial charge in [-0.05, 0) is 35.9 Å². The lowest BCUT2D eigenvalue weighted by Crippen LogP contribution is -2.15. The minimum atomic E-state index is 0.227. The highest BCUT2D eigenvalue weighted by Crippen LogP contribution is 2.36. The van der Waals surface area contributed by atoms with Crippen LogP contribution in [0.1, 0.15) is 5.56 Å². The molecule has 1 N–H and O–H groups in total. The van der Waals surface area contributed by atoms with E-state index in [1.165, 1.54) is 0 Å². The quantitative estimate of drug-likeness (QED) is 0.766. The number of ether oxygens (including phenoxy) is 4. The molecule has 0 fully saturated rings. The molecule has 0 amide bonds. The zero-order valence-corrected chi connectivity index (χ0v) is 13.7. The molecule has 0 unspecified atom stereocenters. The van der Waals surface area contributed by atoms with E-state index in [0.717, 1.165) is 22.6 Å². The second-order valence-corrected chi connectivity index (χ2v) is 5.81. The third-order valence-electron chi connectivity index (χ3n) is 4.09. The Balaban J connectivity index is 1.29. The molecule has 1 aromatic heterocycles. The van der Waals surface area contributed by atoms with Crippen molar-refractivity contribution < 1.29 is 23.4 Å². The summed E-state index contributed by atoms with van der Waals surface area (Å²) in [6, 6.07) is 11.6. The van der Waals surface area contributed by atoms with Crippen molar-refractivity contribution in [2.24, 2.45) is 0 Å². The maximum Gasteiger partial charge on any atom is 0.316 e. The third-order valence-corrected chi connectivity index (χ3v) is 4.09. The van der Waals surface area contributed by atoms with Crippen LogP contribution >= 0.6 is 0 Å². The summed E-state index contributed by atoms with van der Waals surface area (Å²) in [5.41, 5.74) is 1.80. The number of hydrogen-bond acceptors (Lipinski definition) is 8. The van der Waals surface area contributed by atoms with Gasteiger partial charge < -0.3 is 28.7 Å². The Kier molecular flexibility index (Phi) is 3.52. The van der Waals surface area contributed by atoms with E-state index >= 15 is 0 Å². The molecule has 0 saturated heterocycles. The number of benzene rings is 2. The summed E-state index contributed by atoms with van der Waals surface area (Å²) in [5.74, 6) is 3.31. The molecule has 26 heavy (non-hydrogen) atoms. The van der Waals surface area contributed by atoms with Gasteiger partial charge in [-0.25, -0.2) is 0 Å². The number of aromatic nitrogens is 2. The van der Waals surface area contributed by atoms with Gasteiger partial charge in [-0.3, -0.25) is 0 Å². The van der Waals surface area contributed by atoms with Gasteiger partial charge in [-0.2, -0.15) is 0 Å². The van der Waals surface area contributed by atoms with E-state index in [9.17, 15) is 0 Å². The van der Waals surface area contributed by atoms with Gasteiger partial charge in [0.25, 0.3) is 0 Å². The van der Waals surface area contributed by atoms with Gasteiger partial charge in [-0.1, -0.05) is 11.2 Å². The van der Waals surface area contributed by atoms with Gasteiger partial charge in [0.05, 0.1) is 0 Å². The maximum absolute atomic E-state index is 5.68. The van der Waals surface area contributed by atoms with E-state index < -0.39 is 0 Å². The van der Waals surface area contributed by atoms with Crippen molar-refractivity contribution in [3.8, 4) is 34.5 Å². The van der Waals surface area contributed by atoms with Crippen molar-refractivity contribution in [2.75, 3.05) is 25.3 Å². The molecule has 0 bridgehead atoms. The Morgan fingerprint density at radius 2 is 1.58 bits per heavy atom. The van der Waals surface area contributed by atoms with Crippen LogP contribution in [-0.2, 0) is 6.54 Å². The number of nitrogens with one attached hydrogen (secondary N) is 1. The number of nitrogens with zero attached hydrogens (tertiary/aromatic N) is 2. The Hall–Kier alpha value is -3.42. The first-order valence-electron chi connectivity index (χ1n) is 8.21. The molecule has 0 spiro atoms. The number of rotatable bonds is 4.